The van der Waals surface area contributed by atoms with Crippen LogP contribution < -0.4 is 5.32 Å². The van der Waals surface area contributed by atoms with E-state index in [1.807, 2.05) is 0 Å². The molecule has 21 heavy (non-hydrogen) atoms. The van der Waals surface area contributed by atoms with E-state index in [-0.39, 0.29) is 24.2 Å². The van der Waals surface area contributed by atoms with Crippen LogP contribution in [-0.2, 0) is 4.79 Å². The van der Waals surface area contributed by atoms with E-state index in [0.29, 0.717) is 0 Å². The molecular weight excluding hydrogens is 281 g/mol. The Kier molecular flexibility index (Phi) is 4.05. The Labute approximate surface area is 119 Å². The van der Waals surface area contributed by atoms with Gasteiger partial charge in [-0.1, -0.05) is 6.07 Å². The number of aliphatic carboxylic acids is 1. The summed E-state index contributed by atoms with van der Waals surface area (Å²) in [5.74, 6) is -2.02. The third-order valence-corrected chi connectivity index (χ3v) is 3.19. The number of nitrogens with one attached hydrogen (secondary N) is 1. The molecule has 1 aromatic rings. The third kappa shape index (κ3) is 2.93. The highest BCUT2D eigenvalue weighted by Gasteiger charge is 2.39. The molecule has 0 bridgehead atoms. The first-order valence-corrected chi connectivity index (χ1v) is 6.11. The summed E-state index contributed by atoms with van der Waals surface area (Å²) < 4.78 is 13.4. The first-order chi connectivity index (χ1) is 9.93. The molecule has 0 unspecified atom stereocenters. The second kappa shape index (κ2) is 5.76. The fourth-order valence-electron chi connectivity index (χ4n) is 2.20. The number of carboxylic acids is 1. The molecule has 1 saturated heterocycles. The van der Waals surface area contributed by atoms with Crippen LogP contribution >= 0.6 is 0 Å². The number of β-amino-alcohol motifs (C(OH)–C–C–N with tert-alkyl or cyclic N) is 1. The number of carbonyl (C=O) groups excluding carboxylic acids is 1. The smallest absolute Gasteiger partial charge is 0.326 e. The van der Waals surface area contributed by atoms with E-state index in [1.54, 1.807) is 6.07 Å². The van der Waals surface area contributed by atoms with Crippen molar-refractivity contribution < 1.29 is 24.2 Å². The van der Waals surface area contributed by atoms with Crippen LogP contribution in [0.4, 0.5) is 14.9 Å². The molecule has 0 aliphatic carbocycles. The maximum absolute atomic E-state index is 13.4. The fraction of sp³-hybridized carbons (Fsp3) is 0.308. The van der Waals surface area contributed by atoms with Crippen molar-refractivity contribution >= 4 is 17.7 Å². The van der Waals surface area contributed by atoms with Gasteiger partial charge in [0.15, 0.2) is 0 Å². The Hall–Kier alpha value is -2.66. The number of urea groups is 1. The van der Waals surface area contributed by atoms with Crippen molar-refractivity contribution in [1.29, 1.82) is 5.26 Å². The van der Waals surface area contributed by atoms with Crippen molar-refractivity contribution in [3.8, 4) is 6.07 Å². The predicted molar refractivity (Wildman–Crippen MR) is 68.9 cm³/mol. The zero-order valence-electron chi connectivity index (χ0n) is 10.8. The quantitative estimate of drug-likeness (QED) is 0.744. The summed E-state index contributed by atoms with van der Waals surface area (Å²) in [5.41, 5.74) is -0.384. The molecule has 110 valence electrons. The molecule has 1 aromatic carbocycles. The topological polar surface area (TPSA) is 114 Å². The largest absolute Gasteiger partial charge is 0.480 e. The molecule has 2 atom stereocenters. The minimum Gasteiger partial charge on any atom is -0.480 e. The van der Waals surface area contributed by atoms with Gasteiger partial charge in [-0.15, -0.1) is 0 Å². The normalized spacial score (nSPS) is 20.9. The second-order valence-electron chi connectivity index (χ2n) is 4.60. The Bertz CT molecular complexity index is 628. The van der Waals surface area contributed by atoms with Crippen molar-refractivity contribution in [3.05, 3.63) is 29.6 Å². The van der Waals surface area contributed by atoms with Crippen molar-refractivity contribution in [3.63, 3.8) is 0 Å². The number of nitriles is 1. The number of halogens is 1. The van der Waals surface area contributed by atoms with Gasteiger partial charge in [-0.3, -0.25) is 0 Å². The Morgan fingerprint density at radius 1 is 1.48 bits per heavy atom. The molecule has 1 fully saturated rings. The Morgan fingerprint density at radius 3 is 2.81 bits per heavy atom. The van der Waals surface area contributed by atoms with Crippen molar-refractivity contribution in [2.24, 2.45) is 0 Å². The molecule has 1 aliphatic heterocycles. The minimum absolute atomic E-state index is 0.0481. The number of amides is 2. The maximum Gasteiger partial charge on any atom is 0.326 e. The van der Waals surface area contributed by atoms with E-state index >= 15 is 0 Å². The van der Waals surface area contributed by atoms with Gasteiger partial charge >= 0.3 is 12.0 Å². The van der Waals surface area contributed by atoms with Crippen molar-refractivity contribution in [1.82, 2.24) is 4.90 Å². The average Bonchev–Trinajstić information content (AvgIpc) is 2.81. The molecule has 1 aliphatic rings. The molecule has 2 amide bonds. The molecule has 0 spiro atoms. The van der Waals surface area contributed by atoms with Gasteiger partial charge in [-0.25, -0.2) is 14.0 Å². The van der Waals surface area contributed by atoms with Gasteiger partial charge in [0.05, 0.1) is 11.8 Å². The molecule has 0 saturated carbocycles. The summed E-state index contributed by atoms with van der Waals surface area (Å²) >= 11 is 0. The zero-order valence-corrected chi connectivity index (χ0v) is 10.8. The number of aliphatic hydroxyl groups is 1. The fourth-order valence-corrected chi connectivity index (χ4v) is 2.20. The first-order valence-electron chi connectivity index (χ1n) is 6.11. The van der Waals surface area contributed by atoms with Crippen LogP contribution in [0.1, 0.15) is 12.0 Å². The Morgan fingerprint density at radius 2 is 2.19 bits per heavy atom. The van der Waals surface area contributed by atoms with E-state index in [2.05, 4.69) is 5.32 Å². The number of nitrogens with zero attached hydrogens (tertiary/aromatic N) is 2. The number of anilines is 1. The minimum atomic E-state index is -1.23. The van der Waals surface area contributed by atoms with Crippen LogP contribution in [0.2, 0.25) is 0 Å². The van der Waals surface area contributed by atoms with E-state index in [9.17, 15) is 19.1 Å². The van der Waals surface area contributed by atoms with E-state index < -0.39 is 30.0 Å². The lowest BCUT2D eigenvalue weighted by molar-refractivity contribution is -0.141. The highest BCUT2D eigenvalue weighted by atomic mass is 19.1. The average molecular weight is 293 g/mol. The van der Waals surface area contributed by atoms with Crippen LogP contribution in [0.15, 0.2) is 18.2 Å². The highest BCUT2D eigenvalue weighted by Crippen LogP contribution is 2.22. The van der Waals surface area contributed by atoms with Gasteiger partial charge in [0.1, 0.15) is 23.5 Å². The van der Waals surface area contributed by atoms with Crippen molar-refractivity contribution in [2.75, 3.05) is 11.9 Å². The monoisotopic (exact) mass is 293 g/mol. The van der Waals surface area contributed by atoms with E-state index in [0.717, 1.165) is 11.0 Å². The van der Waals surface area contributed by atoms with Crippen LogP contribution in [0.3, 0.4) is 0 Å². The lowest BCUT2D eigenvalue weighted by atomic mass is 10.2. The van der Waals surface area contributed by atoms with Gasteiger partial charge in [0, 0.05) is 13.0 Å². The number of benzene rings is 1. The molecule has 0 radical (unpaired) electrons. The maximum atomic E-state index is 13.4. The van der Waals surface area contributed by atoms with Gasteiger partial charge in [-0.2, -0.15) is 5.26 Å². The molecule has 1 heterocycles. The van der Waals surface area contributed by atoms with Gasteiger partial charge in [0.25, 0.3) is 0 Å². The predicted octanol–water partition coefficient (Wildman–Crippen LogP) is 0.749. The molecule has 7 nitrogen and oxygen atoms in total. The molecule has 0 aromatic heterocycles. The summed E-state index contributed by atoms with van der Waals surface area (Å²) in [6.45, 7) is -0.139. The van der Waals surface area contributed by atoms with Crippen LogP contribution in [-0.4, -0.2) is 45.8 Å². The number of rotatable bonds is 2. The highest BCUT2D eigenvalue weighted by molar-refractivity contribution is 5.93. The third-order valence-electron chi connectivity index (χ3n) is 3.19. The number of carboxylic acid groups (broad SMARTS) is 1. The summed E-state index contributed by atoms with van der Waals surface area (Å²) in [4.78, 5) is 24.1. The lowest BCUT2D eigenvalue weighted by Gasteiger charge is -2.21. The van der Waals surface area contributed by atoms with Crippen molar-refractivity contribution in [2.45, 2.75) is 18.6 Å². The summed E-state index contributed by atoms with van der Waals surface area (Å²) in [6.07, 6.45) is -1.00. The lowest BCUT2D eigenvalue weighted by Crippen LogP contribution is -2.43. The van der Waals surface area contributed by atoms with E-state index in [1.165, 1.54) is 12.1 Å². The van der Waals surface area contributed by atoms with Gasteiger partial charge < -0.3 is 20.4 Å². The van der Waals surface area contributed by atoms with Gasteiger partial charge in [0.2, 0.25) is 0 Å². The standard InChI is InChI=1S/C13H12FN3O4/c14-9-2-1-3-10(8(9)5-15)16-13(21)17-6-7(18)4-11(17)12(19)20/h1-3,7,11,18H,4,6H2,(H,16,21)(H,19,20)/t7-,11-/m1/s1. The molecular formula is C13H12FN3O4. The SMILES string of the molecule is N#Cc1c(F)cccc1NC(=O)N1C[C@H](O)C[C@@H]1C(=O)O. The molecule has 8 heteroatoms. The zero-order chi connectivity index (χ0) is 15.6. The first kappa shape index (κ1) is 14.7. The van der Waals surface area contributed by atoms with E-state index in [4.69, 9.17) is 10.4 Å². The summed E-state index contributed by atoms with van der Waals surface area (Å²) in [7, 11) is 0. The molecule has 3 N–H and O–H groups in total. The van der Waals surface area contributed by atoms with Crippen LogP contribution in [0.5, 0.6) is 0 Å². The Balaban J connectivity index is 2.21. The van der Waals surface area contributed by atoms with Gasteiger partial charge in [-0.05, 0) is 12.1 Å². The molecule has 2 rings (SSSR count). The number of aliphatic hydroxyl groups excluding tert-OH is 1. The second-order valence-corrected chi connectivity index (χ2v) is 4.60. The number of carbonyl (C=O) groups is 2. The summed E-state index contributed by atoms with van der Waals surface area (Å²) in [6, 6.07) is 3.40. The summed E-state index contributed by atoms with van der Waals surface area (Å²) in [5, 5.41) is 29.7. The number of hydrogen-bond acceptors (Lipinski definition) is 4. The van der Waals surface area contributed by atoms with Crippen LogP contribution in [0.25, 0.3) is 0 Å². The number of hydrogen-bond donors (Lipinski definition) is 3. The van der Waals surface area contributed by atoms with Crippen LogP contribution in [0, 0.1) is 17.1 Å². The number of likely N-dealkylation sites (tertiary alicyclic amines) is 1.